The van der Waals surface area contributed by atoms with Gasteiger partial charge in [0.15, 0.2) is 0 Å². The third kappa shape index (κ3) is 3.41. The number of hydrogen-bond donors (Lipinski definition) is 0. The zero-order valence-electron chi connectivity index (χ0n) is 7.39. The van der Waals surface area contributed by atoms with Gasteiger partial charge in [-0.15, -0.1) is 11.6 Å². The van der Waals surface area contributed by atoms with Crippen LogP contribution >= 0.6 is 11.6 Å². The van der Waals surface area contributed by atoms with Crippen LogP contribution in [0.15, 0.2) is 0 Å². The van der Waals surface area contributed by atoms with Gasteiger partial charge >= 0.3 is 0 Å². The van der Waals surface area contributed by atoms with Crippen LogP contribution in [-0.2, 0) is 0 Å². The molecule has 0 saturated carbocycles. The molecule has 0 bridgehead atoms. The van der Waals surface area contributed by atoms with Crippen molar-refractivity contribution in [3.05, 3.63) is 0 Å². The molecule has 0 aromatic heterocycles. The maximum atomic E-state index is 5.89. The van der Waals surface area contributed by atoms with Crippen LogP contribution in [0, 0.1) is 0 Å². The van der Waals surface area contributed by atoms with E-state index in [1.165, 1.54) is 26.2 Å². The summed E-state index contributed by atoms with van der Waals surface area (Å²) in [5, 5.41) is 0.290. The van der Waals surface area contributed by atoms with Crippen LogP contribution in [0.4, 0.5) is 0 Å². The molecule has 0 radical (unpaired) electrons. The fraction of sp³-hybridized carbons (Fsp3) is 1.00. The zero-order valence-corrected chi connectivity index (χ0v) is 8.14. The van der Waals surface area contributed by atoms with Crippen molar-refractivity contribution in [2.75, 3.05) is 39.8 Å². The van der Waals surface area contributed by atoms with Crippen LogP contribution in [-0.4, -0.2) is 54.9 Å². The maximum Gasteiger partial charge on any atom is 0.0435 e. The summed E-state index contributed by atoms with van der Waals surface area (Å²) >= 11 is 5.89. The average Bonchev–Trinajstić information content (AvgIpc) is 1.93. The molecule has 1 atom stereocenters. The minimum absolute atomic E-state index is 0.290. The van der Waals surface area contributed by atoms with Crippen LogP contribution in [0.5, 0.6) is 0 Å². The number of nitrogens with zero attached hydrogens (tertiary/aromatic N) is 2. The van der Waals surface area contributed by atoms with Gasteiger partial charge in [-0.2, -0.15) is 0 Å². The first-order valence-corrected chi connectivity index (χ1v) is 4.67. The predicted octanol–water partition coefficient (Wildman–Crippen LogP) is 0.861. The molecule has 0 spiro atoms. The van der Waals surface area contributed by atoms with Crippen LogP contribution in [0.2, 0.25) is 0 Å². The first-order valence-electron chi connectivity index (χ1n) is 4.23. The van der Waals surface area contributed by atoms with Crippen molar-refractivity contribution >= 4 is 11.6 Å². The van der Waals surface area contributed by atoms with Gasteiger partial charge in [-0.25, -0.2) is 0 Å². The lowest BCUT2D eigenvalue weighted by Crippen LogP contribution is -2.46. The summed E-state index contributed by atoms with van der Waals surface area (Å²) in [5.41, 5.74) is 0. The van der Waals surface area contributed by atoms with E-state index in [0.717, 1.165) is 6.54 Å². The third-order valence-corrected chi connectivity index (χ3v) is 2.24. The minimum Gasteiger partial charge on any atom is -0.304 e. The number of piperazine rings is 1. The molecule has 1 aliphatic rings. The number of alkyl halides is 1. The van der Waals surface area contributed by atoms with Crippen LogP contribution in [0.1, 0.15) is 6.92 Å². The summed E-state index contributed by atoms with van der Waals surface area (Å²) in [6.45, 7) is 7.81. The van der Waals surface area contributed by atoms with E-state index in [2.05, 4.69) is 23.8 Å². The molecule has 1 fully saturated rings. The second kappa shape index (κ2) is 4.29. The Kier molecular flexibility index (Phi) is 3.63. The smallest absolute Gasteiger partial charge is 0.0435 e. The van der Waals surface area contributed by atoms with Crippen molar-refractivity contribution in [1.82, 2.24) is 9.80 Å². The van der Waals surface area contributed by atoms with Gasteiger partial charge in [-0.1, -0.05) is 0 Å². The van der Waals surface area contributed by atoms with Gasteiger partial charge in [0.05, 0.1) is 0 Å². The van der Waals surface area contributed by atoms with E-state index in [-0.39, 0.29) is 0 Å². The zero-order chi connectivity index (χ0) is 8.27. The molecule has 1 unspecified atom stereocenters. The Bertz CT molecular complexity index is 109. The van der Waals surface area contributed by atoms with Crippen LogP contribution < -0.4 is 0 Å². The van der Waals surface area contributed by atoms with Gasteiger partial charge in [0.2, 0.25) is 0 Å². The Morgan fingerprint density at radius 3 is 2.27 bits per heavy atom. The first-order chi connectivity index (χ1) is 5.18. The van der Waals surface area contributed by atoms with Gasteiger partial charge < -0.3 is 4.90 Å². The van der Waals surface area contributed by atoms with Crippen LogP contribution in [0.25, 0.3) is 0 Å². The van der Waals surface area contributed by atoms with E-state index in [1.54, 1.807) is 0 Å². The summed E-state index contributed by atoms with van der Waals surface area (Å²) in [4.78, 5) is 4.78. The Hall–Kier alpha value is 0.210. The molecule has 3 heteroatoms. The largest absolute Gasteiger partial charge is 0.304 e. The summed E-state index contributed by atoms with van der Waals surface area (Å²) in [6, 6.07) is 0. The standard InChI is InChI=1S/C8H17ClN2/c1-8(9)7-11-5-3-10(2)4-6-11/h8H,3-7H2,1-2H3. The highest BCUT2D eigenvalue weighted by Gasteiger charge is 2.14. The molecular weight excluding hydrogens is 160 g/mol. The van der Waals surface area contributed by atoms with Crippen molar-refractivity contribution in [2.45, 2.75) is 12.3 Å². The van der Waals surface area contributed by atoms with E-state index < -0.39 is 0 Å². The predicted molar refractivity (Wildman–Crippen MR) is 49.3 cm³/mol. The molecule has 0 aromatic carbocycles. The van der Waals surface area contributed by atoms with E-state index in [0.29, 0.717) is 5.38 Å². The monoisotopic (exact) mass is 176 g/mol. The minimum atomic E-state index is 0.290. The Labute approximate surface area is 74.1 Å². The number of likely N-dealkylation sites (N-methyl/N-ethyl adjacent to an activating group) is 1. The molecule has 66 valence electrons. The lowest BCUT2D eigenvalue weighted by atomic mass is 10.3. The Morgan fingerprint density at radius 2 is 1.82 bits per heavy atom. The lowest BCUT2D eigenvalue weighted by Gasteiger charge is -2.32. The molecule has 1 aliphatic heterocycles. The van der Waals surface area contributed by atoms with Gasteiger partial charge in [-0.3, -0.25) is 4.90 Å². The summed E-state index contributed by atoms with van der Waals surface area (Å²) in [7, 11) is 2.17. The molecule has 0 amide bonds. The summed E-state index contributed by atoms with van der Waals surface area (Å²) in [5.74, 6) is 0. The van der Waals surface area contributed by atoms with Crippen molar-refractivity contribution in [2.24, 2.45) is 0 Å². The molecule has 0 N–H and O–H groups in total. The molecule has 0 aliphatic carbocycles. The van der Waals surface area contributed by atoms with E-state index in [4.69, 9.17) is 11.6 Å². The molecule has 1 heterocycles. The second-order valence-corrected chi connectivity index (χ2v) is 4.13. The second-order valence-electron chi connectivity index (χ2n) is 3.38. The maximum absolute atomic E-state index is 5.89. The molecule has 0 aromatic rings. The fourth-order valence-electron chi connectivity index (χ4n) is 1.39. The van der Waals surface area contributed by atoms with Gasteiger partial charge in [0.1, 0.15) is 0 Å². The van der Waals surface area contributed by atoms with Crippen molar-refractivity contribution in [3.8, 4) is 0 Å². The third-order valence-electron chi connectivity index (χ3n) is 2.11. The highest BCUT2D eigenvalue weighted by Crippen LogP contribution is 2.03. The number of halogens is 1. The lowest BCUT2D eigenvalue weighted by molar-refractivity contribution is 0.155. The van der Waals surface area contributed by atoms with E-state index >= 15 is 0 Å². The first kappa shape index (κ1) is 9.30. The Morgan fingerprint density at radius 1 is 1.27 bits per heavy atom. The summed E-state index contributed by atoms with van der Waals surface area (Å²) in [6.07, 6.45) is 0. The molecule has 1 rings (SSSR count). The highest BCUT2D eigenvalue weighted by atomic mass is 35.5. The molecule has 11 heavy (non-hydrogen) atoms. The van der Waals surface area contributed by atoms with Crippen molar-refractivity contribution < 1.29 is 0 Å². The topological polar surface area (TPSA) is 6.48 Å². The molecule has 2 nitrogen and oxygen atoms in total. The number of rotatable bonds is 2. The van der Waals surface area contributed by atoms with Gasteiger partial charge in [0.25, 0.3) is 0 Å². The number of hydrogen-bond acceptors (Lipinski definition) is 2. The molecule has 1 saturated heterocycles. The average molecular weight is 177 g/mol. The van der Waals surface area contributed by atoms with Crippen LogP contribution in [0.3, 0.4) is 0 Å². The Balaban J connectivity index is 2.17. The van der Waals surface area contributed by atoms with E-state index in [9.17, 15) is 0 Å². The van der Waals surface area contributed by atoms with Gasteiger partial charge in [0, 0.05) is 38.1 Å². The highest BCUT2D eigenvalue weighted by molar-refractivity contribution is 6.20. The SMILES string of the molecule is CC(Cl)CN1CCN(C)CC1. The fourth-order valence-corrected chi connectivity index (χ4v) is 1.58. The molecular formula is C8H17ClN2. The van der Waals surface area contributed by atoms with Gasteiger partial charge in [-0.05, 0) is 14.0 Å². The quantitative estimate of drug-likeness (QED) is 0.576. The van der Waals surface area contributed by atoms with Crippen molar-refractivity contribution in [1.29, 1.82) is 0 Å². The normalized spacial score (nSPS) is 25.4. The van der Waals surface area contributed by atoms with E-state index in [1.807, 2.05) is 0 Å². The summed E-state index contributed by atoms with van der Waals surface area (Å²) < 4.78 is 0. The van der Waals surface area contributed by atoms with Crippen molar-refractivity contribution in [3.63, 3.8) is 0 Å².